The number of carbonyl (C=O) groups is 1. The number of alkyl halides is 3. The molecule has 0 saturated carbocycles. The van der Waals surface area contributed by atoms with Gasteiger partial charge in [-0.25, -0.2) is 0 Å². The van der Waals surface area contributed by atoms with Crippen LogP contribution in [0.2, 0.25) is 0 Å². The molecule has 2 nitrogen and oxygen atoms in total. The molecule has 0 radical (unpaired) electrons. The molecule has 82 valence electrons. The molecule has 0 aliphatic carbocycles. The largest absolute Gasteiger partial charge is 0.471 e. The Morgan fingerprint density at radius 2 is 1.80 bits per heavy atom. The Labute approximate surface area is 111 Å². The van der Waals surface area contributed by atoms with Crippen molar-refractivity contribution in [3.8, 4) is 0 Å². The summed E-state index contributed by atoms with van der Waals surface area (Å²) in [5, 5.41) is 1.78. The topological polar surface area (TPSA) is 29.1 Å². The van der Waals surface area contributed by atoms with E-state index in [9.17, 15) is 18.0 Å². The van der Waals surface area contributed by atoms with Crippen LogP contribution in [0.15, 0.2) is 18.2 Å². The number of benzene rings is 1. The molecule has 0 aliphatic heterocycles. The fourth-order valence-corrected chi connectivity index (χ4v) is 1.63. The van der Waals surface area contributed by atoms with E-state index < -0.39 is 12.1 Å². The van der Waals surface area contributed by atoms with E-state index in [0.29, 0.717) is 0 Å². The van der Waals surface area contributed by atoms with Crippen LogP contribution in [0.1, 0.15) is 0 Å². The second-order valence-corrected chi connectivity index (χ2v) is 4.91. The monoisotopic (exact) mass is 441 g/mol. The molecule has 1 aromatic carbocycles. The van der Waals surface area contributed by atoms with Crippen molar-refractivity contribution >= 4 is 56.8 Å². The van der Waals surface area contributed by atoms with Crippen LogP contribution in [0.3, 0.4) is 0 Å². The first-order valence-electron chi connectivity index (χ1n) is 3.64. The van der Waals surface area contributed by atoms with Gasteiger partial charge in [0, 0.05) is 12.8 Å². The van der Waals surface area contributed by atoms with Crippen molar-refractivity contribution < 1.29 is 18.0 Å². The Bertz CT molecular complexity index is 392. The Kier molecular flexibility index (Phi) is 4.20. The Hall–Kier alpha value is -0.0600. The zero-order chi connectivity index (χ0) is 11.6. The fraction of sp³-hybridized carbons (Fsp3) is 0.125. The predicted octanol–water partition coefficient (Wildman–Crippen LogP) is 3.40. The van der Waals surface area contributed by atoms with E-state index in [4.69, 9.17) is 0 Å². The standard InChI is InChI=1S/C8H4F3I2NO/c9-8(10,11)7(15)14-4-1-2-5(12)6(13)3-4/h1-3H,(H,14,15). The van der Waals surface area contributed by atoms with Crippen LogP contribution in [0.5, 0.6) is 0 Å². The average Bonchev–Trinajstić information content (AvgIpc) is 2.10. The van der Waals surface area contributed by atoms with Gasteiger partial charge in [0.25, 0.3) is 0 Å². The lowest BCUT2D eigenvalue weighted by atomic mass is 10.3. The summed E-state index contributed by atoms with van der Waals surface area (Å²) in [6, 6.07) is 4.54. The molecule has 0 spiro atoms. The lowest BCUT2D eigenvalue weighted by Gasteiger charge is -2.08. The molecule has 7 heteroatoms. The summed E-state index contributed by atoms with van der Waals surface area (Å²) in [6.07, 6.45) is -4.85. The maximum atomic E-state index is 11.9. The first kappa shape index (κ1) is 13.0. The van der Waals surface area contributed by atoms with Crippen molar-refractivity contribution in [3.63, 3.8) is 0 Å². The van der Waals surface area contributed by atoms with Gasteiger partial charge in [0.1, 0.15) is 0 Å². The SMILES string of the molecule is O=C(Nc1ccc(I)c(I)c1)C(F)(F)F. The third-order valence-corrected chi connectivity index (χ3v) is 4.30. The Morgan fingerprint density at radius 3 is 2.27 bits per heavy atom. The van der Waals surface area contributed by atoms with Crippen LogP contribution in [0.4, 0.5) is 18.9 Å². The van der Waals surface area contributed by atoms with Crippen molar-refractivity contribution in [2.75, 3.05) is 5.32 Å². The van der Waals surface area contributed by atoms with Crippen LogP contribution >= 0.6 is 45.2 Å². The fourth-order valence-electron chi connectivity index (χ4n) is 0.776. The lowest BCUT2D eigenvalue weighted by molar-refractivity contribution is -0.167. The second kappa shape index (κ2) is 4.85. The van der Waals surface area contributed by atoms with Gasteiger partial charge in [-0.2, -0.15) is 13.2 Å². The molecular weight excluding hydrogens is 437 g/mol. The summed E-state index contributed by atoms with van der Waals surface area (Å²) < 4.78 is 37.4. The first-order chi connectivity index (χ1) is 6.80. The number of carbonyl (C=O) groups excluding carboxylic acids is 1. The third kappa shape index (κ3) is 3.78. The highest BCUT2D eigenvalue weighted by Crippen LogP contribution is 2.22. The van der Waals surface area contributed by atoms with Gasteiger partial charge in [-0.1, -0.05) is 0 Å². The van der Waals surface area contributed by atoms with Gasteiger partial charge < -0.3 is 5.32 Å². The number of hydrogen-bond acceptors (Lipinski definition) is 1. The summed E-state index contributed by atoms with van der Waals surface area (Å²) in [6.45, 7) is 0. The lowest BCUT2D eigenvalue weighted by Crippen LogP contribution is -2.29. The predicted molar refractivity (Wildman–Crippen MR) is 66.6 cm³/mol. The summed E-state index contributed by atoms with van der Waals surface area (Å²) in [5.41, 5.74) is 0.141. The minimum absolute atomic E-state index is 0.141. The number of amides is 1. The van der Waals surface area contributed by atoms with E-state index in [1.165, 1.54) is 12.1 Å². The smallest absolute Gasteiger partial charge is 0.318 e. The summed E-state index contributed by atoms with van der Waals surface area (Å²) in [5.74, 6) is -1.96. The Balaban J connectivity index is 2.83. The maximum absolute atomic E-state index is 11.9. The van der Waals surface area contributed by atoms with E-state index in [1.807, 2.05) is 45.2 Å². The molecule has 0 aromatic heterocycles. The van der Waals surface area contributed by atoms with Crippen molar-refractivity contribution in [1.29, 1.82) is 0 Å². The van der Waals surface area contributed by atoms with E-state index in [1.54, 1.807) is 11.4 Å². The Morgan fingerprint density at radius 1 is 1.20 bits per heavy atom. The molecule has 0 saturated heterocycles. The molecule has 0 atom stereocenters. The highest BCUT2D eigenvalue weighted by atomic mass is 127. The van der Waals surface area contributed by atoms with Crippen molar-refractivity contribution in [1.82, 2.24) is 0 Å². The highest BCUT2D eigenvalue weighted by molar-refractivity contribution is 14.1. The average molecular weight is 441 g/mol. The van der Waals surface area contributed by atoms with Crippen molar-refractivity contribution in [2.45, 2.75) is 6.18 Å². The normalized spacial score (nSPS) is 11.3. The highest BCUT2D eigenvalue weighted by Gasteiger charge is 2.38. The van der Waals surface area contributed by atoms with Gasteiger partial charge in [0.05, 0.1) is 0 Å². The molecule has 1 N–H and O–H groups in total. The molecule has 1 rings (SSSR count). The maximum Gasteiger partial charge on any atom is 0.471 e. The van der Waals surface area contributed by atoms with Crippen LogP contribution in [-0.4, -0.2) is 12.1 Å². The van der Waals surface area contributed by atoms with E-state index >= 15 is 0 Å². The van der Waals surface area contributed by atoms with Crippen molar-refractivity contribution in [3.05, 3.63) is 25.3 Å². The van der Waals surface area contributed by atoms with Gasteiger partial charge >= 0.3 is 12.1 Å². The molecule has 15 heavy (non-hydrogen) atoms. The number of halogens is 5. The number of hydrogen-bond donors (Lipinski definition) is 1. The zero-order valence-electron chi connectivity index (χ0n) is 7.03. The molecule has 0 aliphatic rings. The number of rotatable bonds is 1. The number of nitrogens with one attached hydrogen (secondary N) is 1. The molecule has 0 fully saturated rings. The number of anilines is 1. The van der Waals surface area contributed by atoms with Gasteiger partial charge in [-0.15, -0.1) is 0 Å². The molecule has 0 heterocycles. The van der Waals surface area contributed by atoms with Crippen LogP contribution < -0.4 is 5.32 Å². The second-order valence-electron chi connectivity index (χ2n) is 2.58. The van der Waals surface area contributed by atoms with E-state index in [0.717, 1.165) is 7.14 Å². The zero-order valence-corrected chi connectivity index (χ0v) is 11.3. The van der Waals surface area contributed by atoms with Crippen LogP contribution in [0.25, 0.3) is 0 Å². The van der Waals surface area contributed by atoms with E-state index in [-0.39, 0.29) is 5.69 Å². The summed E-state index contributed by atoms with van der Waals surface area (Å²) in [7, 11) is 0. The molecule has 0 bridgehead atoms. The summed E-state index contributed by atoms with van der Waals surface area (Å²) in [4.78, 5) is 10.6. The minimum Gasteiger partial charge on any atom is -0.318 e. The third-order valence-electron chi connectivity index (χ3n) is 1.43. The first-order valence-corrected chi connectivity index (χ1v) is 5.79. The molecule has 1 aromatic rings. The van der Waals surface area contributed by atoms with Crippen LogP contribution in [-0.2, 0) is 4.79 Å². The molecular formula is C8H4F3I2NO. The minimum atomic E-state index is -4.85. The van der Waals surface area contributed by atoms with Gasteiger partial charge in [-0.05, 0) is 63.4 Å². The summed E-state index contributed by atoms with van der Waals surface area (Å²) >= 11 is 4.03. The quantitative estimate of drug-likeness (QED) is 0.666. The van der Waals surface area contributed by atoms with Crippen LogP contribution in [0, 0.1) is 7.14 Å². The van der Waals surface area contributed by atoms with Gasteiger partial charge in [0.2, 0.25) is 0 Å². The van der Waals surface area contributed by atoms with E-state index in [2.05, 4.69) is 0 Å². The van der Waals surface area contributed by atoms with Crippen molar-refractivity contribution in [2.24, 2.45) is 0 Å². The molecule has 0 unspecified atom stereocenters. The van der Waals surface area contributed by atoms with Gasteiger partial charge in [-0.3, -0.25) is 4.79 Å². The van der Waals surface area contributed by atoms with Gasteiger partial charge in [0.15, 0.2) is 0 Å². The molecule has 1 amide bonds.